The molecule has 0 amide bonds. The summed E-state index contributed by atoms with van der Waals surface area (Å²) in [6, 6.07) is 18.0. The van der Waals surface area contributed by atoms with Crippen LogP contribution < -0.4 is 5.32 Å². The Morgan fingerprint density at radius 1 is 1.06 bits per heavy atom. The Hall–Kier alpha value is -1.76. The van der Waals surface area contributed by atoms with Crippen LogP contribution in [0.5, 0.6) is 0 Å². The Morgan fingerprint density at radius 2 is 1.82 bits per heavy atom. The maximum absolute atomic E-state index is 3.69. The lowest BCUT2D eigenvalue weighted by molar-refractivity contribution is 0.464. The van der Waals surface area contributed by atoms with E-state index in [0.717, 1.165) is 6.42 Å². The van der Waals surface area contributed by atoms with E-state index in [9.17, 15) is 0 Å². The molecule has 1 heteroatoms. The largest absolute Gasteiger partial charge is 0.377 e. The minimum absolute atomic E-state index is 0.236. The van der Waals surface area contributed by atoms with Crippen LogP contribution >= 0.6 is 0 Å². The van der Waals surface area contributed by atoms with Crippen molar-refractivity contribution in [1.82, 2.24) is 0 Å². The Balaban J connectivity index is 1.93. The summed E-state index contributed by atoms with van der Waals surface area (Å²) in [7, 11) is 0. The van der Waals surface area contributed by atoms with Crippen molar-refractivity contribution in [2.24, 2.45) is 0 Å². The summed E-state index contributed by atoms with van der Waals surface area (Å²) >= 11 is 0. The van der Waals surface area contributed by atoms with Gasteiger partial charge >= 0.3 is 0 Å². The fourth-order valence-electron chi connectivity index (χ4n) is 3.57. The number of benzene rings is 2. The summed E-state index contributed by atoms with van der Waals surface area (Å²) < 4.78 is 0. The smallest absolute Gasteiger partial charge is 0.0614 e. The fraction of sp³-hybridized carbons (Fsp3) is 0.250. The van der Waals surface area contributed by atoms with E-state index >= 15 is 0 Å². The van der Waals surface area contributed by atoms with Crippen molar-refractivity contribution in [2.75, 3.05) is 5.32 Å². The molecule has 0 fully saturated rings. The van der Waals surface area contributed by atoms with Crippen molar-refractivity contribution in [3.8, 4) is 0 Å². The highest BCUT2D eigenvalue weighted by molar-refractivity contribution is 5.66. The van der Waals surface area contributed by atoms with Crippen molar-refractivity contribution >= 4 is 5.69 Å². The van der Waals surface area contributed by atoms with Crippen molar-refractivity contribution in [1.29, 1.82) is 0 Å². The average molecular weight is 221 g/mol. The van der Waals surface area contributed by atoms with Crippen molar-refractivity contribution in [2.45, 2.75) is 24.8 Å². The standard InChI is InChI=1S/C16H15N/c1-16-10-11-6-2-3-7-12(11)15(16)17-14-9-5-4-8-13(14)16/h2-9,15,17H,10H2,1H3. The van der Waals surface area contributed by atoms with E-state index in [1.54, 1.807) is 0 Å². The topological polar surface area (TPSA) is 12.0 Å². The van der Waals surface area contributed by atoms with Crippen molar-refractivity contribution in [3.05, 3.63) is 65.2 Å². The second-order valence-electron chi connectivity index (χ2n) is 5.42. The van der Waals surface area contributed by atoms with Crippen LogP contribution in [0.1, 0.15) is 29.7 Å². The molecule has 1 heterocycles. The van der Waals surface area contributed by atoms with E-state index in [2.05, 4.69) is 60.8 Å². The van der Waals surface area contributed by atoms with Gasteiger partial charge in [-0.1, -0.05) is 49.4 Å². The Bertz CT molecular complexity index is 602. The van der Waals surface area contributed by atoms with Crippen LogP contribution in [0, 0.1) is 0 Å². The van der Waals surface area contributed by atoms with E-state index in [1.165, 1.54) is 22.4 Å². The molecule has 0 radical (unpaired) electrons. The molecule has 84 valence electrons. The van der Waals surface area contributed by atoms with Crippen LogP contribution in [0.2, 0.25) is 0 Å². The molecule has 0 spiro atoms. The zero-order valence-corrected chi connectivity index (χ0v) is 9.90. The number of nitrogens with one attached hydrogen (secondary N) is 1. The molecule has 2 aromatic carbocycles. The highest BCUT2D eigenvalue weighted by Crippen LogP contribution is 2.55. The zero-order chi connectivity index (χ0) is 11.5. The third-order valence-electron chi connectivity index (χ3n) is 4.40. The molecule has 2 unspecified atom stereocenters. The lowest BCUT2D eigenvalue weighted by atomic mass is 9.79. The second kappa shape index (κ2) is 2.92. The highest BCUT2D eigenvalue weighted by atomic mass is 15.0. The maximum atomic E-state index is 3.69. The first-order valence-corrected chi connectivity index (χ1v) is 6.23. The van der Waals surface area contributed by atoms with Gasteiger partial charge < -0.3 is 5.32 Å². The Morgan fingerprint density at radius 3 is 2.76 bits per heavy atom. The van der Waals surface area contributed by atoms with Crippen LogP contribution in [0.3, 0.4) is 0 Å². The first-order valence-electron chi connectivity index (χ1n) is 6.23. The van der Waals surface area contributed by atoms with Gasteiger partial charge in [0.1, 0.15) is 0 Å². The van der Waals surface area contributed by atoms with Gasteiger partial charge in [-0.25, -0.2) is 0 Å². The summed E-state index contributed by atoms with van der Waals surface area (Å²) in [5, 5.41) is 3.69. The van der Waals surface area contributed by atoms with E-state index < -0.39 is 0 Å². The number of anilines is 1. The van der Waals surface area contributed by atoms with Crippen LogP contribution in [0.25, 0.3) is 0 Å². The number of fused-ring (bicyclic) bond motifs is 5. The minimum Gasteiger partial charge on any atom is -0.377 e. The first-order chi connectivity index (χ1) is 8.29. The minimum atomic E-state index is 0.236. The molecule has 1 N–H and O–H groups in total. The Kier molecular flexibility index (Phi) is 1.60. The molecule has 2 aliphatic rings. The average Bonchev–Trinajstić information content (AvgIpc) is 2.79. The van der Waals surface area contributed by atoms with Crippen LogP contribution in [0.15, 0.2) is 48.5 Å². The fourth-order valence-corrected chi connectivity index (χ4v) is 3.57. The molecule has 1 nitrogen and oxygen atoms in total. The zero-order valence-electron chi connectivity index (χ0n) is 9.90. The maximum Gasteiger partial charge on any atom is 0.0614 e. The van der Waals surface area contributed by atoms with Gasteiger partial charge in [0.05, 0.1) is 6.04 Å². The van der Waals surface area contributed by atoms with E-state index in [1.807, 2.05) is 0 Å². The predicted octanol–water partition coefficient (Wildman–Crippen LogP) is 3.67. The number of hydrogen-bond acceptors (Lipinski definition) is 1. The molecular formula is C16H15N. The quantitative estimate of drug-likeness (QED) is 0.715. The summed E-state index contributed by atoms with van der Waals surface area (Å²) in [6.45, 7) is 2.39. The normalized spacial score (nSPS) is 28.2. The van der Waals surface area contributed by atoms with Crippen LogP contribution in [-0.4, -0.2) is 0 Å². The summed E-state index contributed by atoms with van der Waals surface area (Å²) in [6.07, 6.45) is 1.15. The molecule has 1 aliphatic heterocycles. The Labute approximate surface area is 101 Å². The molecule has 1 aliphatic carbocycles. The van der Waals surface area contributed by atoms with Gasteiger partial charge in [-0.15, -0.1) is 0 Å². The van der Waals surface area contributed by atoms with Gasteiger partial charge in [-0.3, -0.25) is 0 Å². The third kappa shape index (κ3) is 1.04. The summed E-state index contributed by atoms with van der Waals surface area (Å²) in [5.41, 5.74) is 6.00. The second-order valence-corrected chi connectivity index (χ2v) is 5.42. The van der Waals surface area contributed by atoms with Gasteiger partial charge in [-0.05, 0) is 29.2 Å². The number of hydrogen-bond donors (Lipinski definition) is 1. The van der Waals surface area contributed by atoms with E-state index in [-0.39, 0.29) is 5.41 Å². The molecule has 0 aromatic heterocycles. The number of rotatable bonds is 0. The molecule has 2 atom stereocenters. The molecule has 0 bridgehead atoms. The van der Waals surface area contributed by atoms with Gasteiger partial charge in [0.25, 0.3) is 0 Å². The molecule has 2 aromatic rings. The summed E-state index contributed by atoms with van der Waals surface area (Å²) in [4.78, 5) is 0. The van der Waals surface area contributed by atoms with Gasteiger partial charge in [0.2, 0.25) is 0 Å². The first kappa shape index (κ1) is 9.29. The predicted molar refractivity (Wildman–Crippen MR) is 70.3 cm³/mol. The van der Waals surface area contributed by atoms with Crippen molar-refractivity contribution < 1.29 is 0 Å². The molecule has 17 heavy (non-hydrogen) atoms. The van der Waals surface area contributed by atoms with Gasteiger partial charge in [0.15, 0.2) is 0 Å². The van der Waals surface area contributed by atoms with Gasteiger partial charge in [-0.2, -0.15) is 0 Å². The molecule has 4 rings (SSSR count). The monoisotopic (exact) mass is 221 g/mol. The molecule has 0 saturated heterocycles. The van der Waals surface area contributed by atoms with Crippen molar-refractivity contribution in [3.63, 3.8) is 0 Å². The SMILES string of the molecule is CC12Cc3ccccc3C1Nc1ccccc12. The lowest BCUT2D eigenvalue weighted by Crippen LogP contribution is -2.24. The van der Waals surface area contributed by atoms with Crippen LogP contribution in [0.4, 0.5) is 5.69 Å². The number of para-hydroxylation sites is 1. The van der Waals surface area contributed by atoms with Gasteiger partial charge in [0, 0.05) is 11.1 Å². The summed E-state index contributed by atoms with van der Waals surface area (Å²) in [5.74, 6) is 0. The van der Waals surface area contributed by atoms with E-state index in [4.69, 9.17) is 0 Å². The molecular weight excluding hydrogens is 206 g/mol. The van der Waals surface area contributed by atoms with Crippen LogP contribution in [-0.2, 0) is 11.8 Å². The molecule has 0 saturated carbocycles. The third-order valence-corrected chi connectivity index (χ3v) is 4.40. The van der Waals surface area contributed by atoms with E-state index in [0.29, 0.717) is 6.04 Å². The lowest BCUT2D eigenvalue weighted by Gasteiger charge is -2.24. The highest BCUT2D eigenvalue weighted by Gasteiger charge is 2.48.